The first kappa shape index (κ1) is 15.3. The van der Waals surface area contributed by atoms with Gasteiger partial charge in [0.2, 0.25) is 0 Å². The summed E-state index contributed by atoms with van der Waals surface area (Å²) in [5.41, 5.74) is 1.01. The van der Waals surface area contributed by atoms with Gasteiger partial charge in [0.1, 0.15) is 11.3 Å². The number of fused-ring (bicyclic) bond motifs is 1. The van der Waals surface area contributed by atoms with E-state index >= 15 is 0 Å². The van der Waals surface area contributed by atoms with Gasteiger partial charge in [-0.25, -0.2) is 4.79 Å². The van der Waals surface area contributed by atoms with Gasteiger partial charge in [-0.1, -0.05) is 18.2 Å². The standard InChI is InChI=1S/C16H19NO4/c1-17(2)8-5-9-21-14-7-4-3-6-11-12(14)10-13(18)15(11)16(19)20/h3-4,6-7H,5,8-10H2,1-2H3,(H,19,20). The van der Waals surface area contributed by atoms with Crippen LogP contribution in [0.5, 0.6) is 0 Å². The van der Waals surface area contributed by atoms with Crippen LogP contribution in [0.2, 0.25) is 0 Å². The van der Waals surface area contributed by atoms with Crippen LogP contribution in [0.4, 0.5) is 0 Å². The lowest BCUT2D eigenvalue weighted by Gasteiger charge is -2.12. The van der Waals surface area contributed by atoms with Crippen LogP contribution in [0, 0.1) is 0 Å². The average Bonchev–Trinajstić information content (AvgIpc) is 2.61. The minimum absolute atomic E-state index is 0.0919. The molecule has 0 atom stereocenters. The lowest BCUT2D eigenvalue weighted by atomic mass is 10.1. The quantitative estimate of drug-likeness (QED) is 0.595. The average molecular weight is 289 g/mol. The Bertz CT molecular complexity index is 579. The third-order valence-electron chi connectivity index (χ3n) is 3.35. The molecule has 21 heavy (non-hydrogen) atoms. The summed E-state index contributed by atoms with van der Waals surface area (Å²) in [6.45, 7) is 1.44. The van der Waals surface area contributed by atoms with Gasteiger partial charge in [0.15, 0.2) is 5.78 Å². The van der Waals surface area contributed by atoms with Gasteiger partial charge in [-0.3, -0.25) is 4.79 Å². The first-order valence-corrected chi connectivity index (χ1v) is 6.87. The van der Waals surface area contributed by atoms with E-state index in [-0.39, 0.29) is 17.8 Å². The van der Waals surface area contributed by atoms with Gasteiger partial charge in [-0.2, -0.15) is 0 Å². The predicted octanol–water partition coefficient (Wildman–Crippen LogP) is 1.69. The number of carbonyl (C=O) groups excluding carboxylic acids is 1. The zero-order chi connectivity index (χ0) is 15.4. The van der Waals surface area contributed by atoms with Crippen LogP contribution in [-0.2, 0) is 14.3 Å². The molecular weight excluding hydrogens is 270 g/mol. The number of ketones is 1. The summed E-state index contributed by atoms with van der Waals surface area (Å²) in [4.78, 5) is 25.2. The maximum atomic E-state index is 11.9. The summed E-state index contributed by atoms with van der Waals surface area (Å²) in [5, 5.41) is 9.17. The van der Waals surface area contributed by atoms with Gasteiger partial charge in [-0.15, -0.1) is 0 Å². The largest absolute Gasteiger partial charge is 0.493 e. The van der Waals surface area contributed by atoms with Crippen LogP contribution in [0.3, 0.4) is 0 Å². The van der Waals surface area contributed by atoms with Crippen molar-refractivity contribution in [2.75, 3.05) is 27.2 Å². The first-order valence-electron chi connectivity index (χ1n) is 6.87. The van der Waals surface area contributed by atoms with Crippen molar-refractivity contribution >= 4 is 11.8 Å². The summed E-state index contributed by atoms with van der Waals surface area (Å²) in [5.74, 6) is -0.941. The van der Waals surface area contributed by atoms with Crippen LogP contribution in [-0.4, -0.2) is 49.0 Å². The highest BCUT2D eigenvalue weighted by Crippen LogP contribution is 2.34. The molecule has 0 radical (unpaired) electrons. The fourth-order valence-electron chi connectivity index (χ4n) is 2.38. The normalized spacial score (nSPS) is 17.6. The van der Waals surface area contributed by atoms with E-state index in [1.165, 1.54) is 0 Å². The Labute approximate surface area is 123 Å². The minimum Gasteiger partial charge on any atom is -0.493 e. The zero-order valence-electron chi connectivity index (χ0n) is 12.3. The van der Waals surface area contributed by atoms with E-state index < -0.39 is 5.97 Å². The molecule has 2 aliphatic rings. The molecule has 0 spiro atoms. The summed E-state index contributed by atoms with van der Waals surface area (Å²) < 4.78 is 5.75. The molecule has 2 rings (SSSR count). The maximum absolute atomic E-state index is 11.9. The van der Waals surface area contributed by atoms with Crippen molar-refractivity contribution in [2.45, 2.75) is 12.8 Å². The summed E-state index contributed by atoms with van der Waals surface area (Å²) >= 11 is 0. The second-order valence-electron chi connectivity index (χ2n) is 5.26. The lowest BCUT2D eigenvalue weighted by molar-refractivity contribution is -0.134. The fourth-order valence-corrected chi connectivity index (χ4v) is 2.38. The summed E-state index contributed by atoms with van der Waals surface area (Å²) in [6, 6.07) is 0. The second kappa shape index (κ2) is 6.54. The van der Waals surface area contributed by atoms with Gasteiger partial charge in [0, 0.05) is 18.5 Å². The Morgan fingerprint density at radius 2 is 2.05 bits per heavy atom. The lowest BCUT2D eigenvalue weighted by Crippen LogP contribution is -2.14. The Morgan fingerprint density at radius 1 is 1.33 bits per heavy atom. The summed E-state index contributed by atoms with van der Waals surface area (Å²) in [7, 11) is 3.99. The highest BCUT2D eigenvalue weighted by atomic mass is 16.5. The number of ether oxygens (including phenoxy) is 1. The smallest absolute Gasteiger partial charge is 0.339 e. The van der Waals surface area contributed by atoms with Crippen molar-refractivity contribution in [1.29, 1.82) is 0 Å². The predicted molar refractivity (Wildman–Crippen MR) is 78.7 cm³/mol. The van der Waals surface area contributed by atoms with E-state index in [2.05, 4.69) is 4.90 Å². The van der Waals surface area contributed by atoms with Crippen LogP contribution in [0.1, 0.15) is 12.8 Å². The molecule has 112 valence electrons. The molecule has 2 aliphatic carbocycles. The molecule has 0 aliphatic heterocycles. The molecule has 0 aromatic heterocycles. The topological polar surface area (TPSA) is 66.8 Å². The number of rotatable bonds is 6. The molecule has 5 heteroatoms. The van der Waals surface area contributed by atoms with Crippen LogP contribution in [0.15, 0.2) is 46.8 Å². The Hall–Kier alpha value is -2.14. The molecule has 0 unspecified atom stereocenters. The maximum Gasteiger partial charge on any atom is 0.339 e. The molecule has 5 nitrogen and oxygen atoms in total. The molecule has 0 amide bonds. The minimum atomic E-state index is -1.18. The number of hydrogen-bond donors (Lipinski definition) is 1. The number of Topliss-reactive ketones (excluding diaryl/α,β-unsaturated/α-hetero) is 1. The molecule has 0 fully saturated rings. The van der Waals surface area contributed by atoms with Gasteiger partial charge >= 0.3 is 5.97 Å². The van der Waals surface area contributed by atoms with E-state index in [9.17, 15) is 14.7 Å². The number of carboxylic acids is 1. The first-order chi connectivity index (χ1) is 10.0. The Balaban J connectivity index is 2.20. The monoisotopic (exact) mass is 289 g/mol. The van der Waals surface area contributed by atoms with E-state index in [0.717, 1.165) is 13.0 Å². The highest BCUT2D eigenvalue weighted by Gasteiger charge is 2.33. The van der Waals surface area contributed by atoms with Crippen LogP contribution >= 0.6 is 0 Å². The number of aliphatic carboxylic acids is 1. The zero-order valence-corrected chi connectivity index (χ0v) is 12.3. The number of hydrogen-bond acceptors (Lipinski definition) is 4. The van der Waals surface area contributed by atoms with E-state index in [1.54, 1.807) is 24.3 Å². The Kier molecular flexibility index (Phi) is 4.75. The van der Waals surface area contributed by atoms with Gasteiger partial charge in [0.05, 0.1) is 6.61 Å². The molecule has 0 saturated carbocycles. The van der Waals surface area contributed by atoms with Crippen molar-refractivity contribution in [3.8, 4) is 0 Å². The highest BCUT2D eigenvalue weighted by molar-refractivity contribution is 6.21. The third-order valence-corrected chi connectivity index (χ3v) is 3.35. The van der Waals surface area contributed by atoms with Crippen molar-refractivity contribution in [3.63, 3.8) is 0 Å². The van der Waals surface area contributed by atoms with E-state index in [1.807, 2.05) is 14.1 Å². The number of carbonyl (C=O) groups is 2. The van der Waals surface area contributed by atoms with Crippen LogP contribution in [0.25, 0.3) is 0 Å². The SMILES string of the molecule is CN(C)CCCOC1=C2CC(=O)C(C(=O)O)=C2C=CC=C1. The molecule has 0 aromatic carbocycles. The molecule has 1 N–H and O–H groups in total. The van der Waals surface area contributed by atoms with Gasteiger partial charge in [-0.05, 0) is 32.2 Å². The number of allylic oxidation sites excluding steroid dienone is 6. The molecular formula is C16H19NO4. The number of nitrogens with zero attached hydrogens (tertiary/aromatic N) is 1. The van der Waals surface area contributed by atoms with Gasteiger partial charge < -0.3 is 14.7 Å². The molecule has 0 aromatic rings. The Morgan fingerprint density at radius 3 is 2.71 bits per heavy atom. The van der Waals surface area contributed by atoms with E-state index in [4.69, 9.17) is 4.74 Å². The third kappa shape index (κ3) is 3.49. The number of carboxylic acid groups (broad SMARTS) is 1. The van der Waals surface area contributed by atoms with Crippen LogP contribution < -0.4 is 0 Å². The molecule has 0 bridgehead atoms. The summed E-state index contributed by atoms with van der Waals surface area (Å²) in [6.07, 6.45) is 7.93. The molecule has 0 saturated heterocycles. The van der Waals surface area contributed by atoms with E-state index in [0.29, 0.717) is 23.5 Å². The van der Waals surface area contributed by atoms with Crippen molar-refractivity contribution in [3.05, 3.63) is 46.8 Å². The van der Waals surface area contributed by atoms with Crippen molar-refractivity contribution in [2.24, 2.45) is 0 Å². The van der Waals surface area contributed by atoms with Crippen molar-refractivity contribution < 1.29 is 19.4 Å². The second-order valence-corrected chi connectivity index (χ2v) is 5.26. The molecule has 0 heterocycles. The van der Waals surface area contributed by atoms with Gasteiger partial charge in [0.25, 0.3) is 0 Å². The van der Waals surface area contributed by atoms with Crippen molar-refractivity contribution in [1.82, 2.24) is 4.90 Å². The fraction of sp³-hybridized carbons (Fsp3) is 0.375.